The van der Waals surface area contributed by atoms with Crippen LogP contribution in [0.1, 0.15) is 36.1 Å². The Hall–Kier alpha value is -3.81. The molecule has 0 bridgehead atoms. The average Bonchev–Trinajstić information content (AvgIpc) is 2.79. The van der Waals surface area contributed by atoms with Crippen LogP contribution in [-0.4, -0.2) is 24.9 Å². The van der Waals surface area contributed by atoms with Gasteiger partial charge in [0.2, 0.25) is 0 Å². The van der Waals surface area contributed by atoms with E-state index >= 15 is 0 Å². The van der Waals surface area contributed by atoms with Crippen LogP contribution in [0.2, 0.25) is 0 Å². The molecule has 0 radical (unpaired) electrons. The highest BCUT2D eigenvalue weighted by Gasteiger charge is 2.32. The van der Waals surface area contributed by atoms with Crippen LogP contribution >= 0.6 is 0 Å². The molecule has 0 aliphatic heterocycles. The molecule has 0 saturated carbocycles. The van der Waals surface area contributed by atoms with Gasteiger partial charge in [0.25, 0.3) is 0 Å². The quantitative estimate of drug-likeness (QED) is 0.267. The predicted octanol–water partition coefficient (Wildman–Crippen LogP) is 6.87. The second-order valence-electron chi connectivity index (χ2n) is 7.54. The van der Waals surface area contributed by atoms with E-state index < -0.39 is 6.36 Å². The first-order chi connectivity index (χ1) is 16.2. The van der Waals surface area contributed by atoms with Crippen LogP contribution in [0.3, 0.4) is 0 Å². The molecule has 3 aromatic rings. The molecule has 0 amide bonds. The summed E-state index contributed by atoms with van der Waals surface area (Å²) in [6.07, 6.45) is -4.85. The predicted molar refractivity (Wildman–Crippen MR) is 126 cm³/mol. The fraction of sp³-hybridized carbons (Fsp3) is 0.231. The molecule has 0 atom stereocenters. The highest BCUT2D eigenvalue weighted by atomic mass is 19.4. The molecule has 5 nitrogen and oxygen atoms in total. The summed E-state index contributed by atoms with van der Waals surface area (Å²) < 4.78 is 43.6. The lowest BCUT2D eigenvalue weighted by Crippen LogP contribution is -2.19. The Kier molecular flexibility index (Phi) is 7.94. The number of rotatable bonds is 8. The van der Waals surface area contributed by atoms with E-state index in [9.17, 15) is 13.2 Å². The second-order valence-corrected chi connectivity index (χ2v) is 7.54. The SMILES string of the molecule is CO/N=C(/C)c1cccc(C)c1CO/N=C(\C)c1ccc(-c2ccccc2)cc1OC(F)(F)F. The first kappa shape index (κ1) is 24.8. The molecule has 0 aliphatic carbocycles. The number of hydrogen-bond donors (Lipinski definition) is 0. The molecule has 8 heteroatoms. The lowest BCUT2D eigenvalue weighted by molar-refractivity contribution is -0.274. The van der Waals surface area contributed by atoms with Crippen LogP contribution < -0.4 is 4.74 Å². The van der Waals surface area contributed by atoms with Gasteiger partial charge in [0.15, 0.2) is 0 Å². The molecule has 0 fully saturated rings. The number of hydrogen-bond acceptors (Lipinski definition) is 5. The van der Waals surface area contributed by atoms with Gasteiger partial charge in [-0.3, -0.25) is 0 Å². The van der Waals surface area contributed by atoms with Crippen LogP contribution in [0.25, 0.3) is 11.1 Å². The summed E-state index contributed by atoms with van der Waals surface area (Å²) in [6.45, 7) is 5.41. The zero-order valence-electron chi connectivity index (χ0n) is 19.3. The largest absolute Gasteiger partial charge is 0.573 e. The van der Waals surface area contributed by atoms with Crippen LogP contribution in [0, 0.1) is 6.92 Å². The van der Waals surface area contributed by atoms with E-state index in [2.05, 4.69) is 15.0 Å². The number of halogens is 3. The topological polar surface area (TPSA) is 52.4 Å². The summed E-state index contributed by atoms with van der Waals surface area (Å²) in [5, 5.41) is 8.04. The van der Waals surface area contributed by atoms with Crippen LogP contribution in [0.5, 0.6) is 5.75 Å². The smallest absolute Gasteiger partial charge is 0.405 e. The third-order valence-corrected chi connectivity index (χ3v) is 5.14. The maximum absolute atomic E-state index is 13.1. The highest BCUT2D eigenvalue weighted by molar-refractivity contribution is 6.01. The molecule has 0 heterocycles. The zero-order chi connectivity index (χ0) is 24.7. The molecule has 3 aromatic carbocycles. The molecule has 0 aromatic heterocycles. The third kappa shape index (κ3) is 6.37. The van der Waals surface area contributed by atoms with Gasteiger partial charge in [-0.25, -0.2) is 0 Å². The number of benzene rings is 3. The van der Waals surface area contributed by atoms with Gasteiger partial charge in [-0.1, -0.05) is 64.9 Å². The molecule has 178 valence electrons. The second kappa shape index (κ2) is 10.9. The molecular formula is C26H25F3N2O3. The maximum Gasteiger partial charge on any atom is 0.573 e. The highest BCUT2D eigenvalue weighted by Crippen LogP contribution is 2.32. The number of oxime groups is 2. The van der Waals surface area contributed by atoms with E-state index in [4.69, 9.17) is 9.68 Å². The van der Waals surface area contributed by atoms with Crippen molar-refractivity contribution >= 4 is 11.4 Å². The van der Waals surface area contributed by atoms with Crippen LogP contribution in [0.15, 0.2) is 77.0 Å². The molecule has 3 rings (SSSR count). The van der Waals surface area contributed by atoms with Crippen molar-refractivity contribution in [3.63, 3.8) is 0 Å². The lowest BCUT2D eigenvalue weighted by atomic mass is 10.00. The first-order valence-electron chi connectivity index (χ1n) is 10.5. The summed E-state index contributed by atoms with van der Waals surface area (Å²) in [7, 11) is 1.47. The van der Waals surface area contributed by atoms with E-state index in [1.807, 2.05) is 62.4 Å². The van der Waals surface area contributed by atoms with Gasteiger partial charge in [-0.15, -0.1) is 13.2 Å². The van der Waals surface area contributed by atoms with Crippen molar-refractivity contribution in [3.8, 4) is 16.9 Å². The molecule has 0 saturated heterocycles. The standard InChI is InChI=1S/C26H25F3N2O3/c1-17-9-8-12-22(18(2)30-32-4)24(17)16-33-31-19(3)23-14-13-21(20-10-6-5-7-11-20)15-25(23)34-26(27,28)29/h5-15H,16H2,1-4H3/b30-18-,31-19+. The van der Waals surface area contributed by atoms with Crippen molar-refractivity contribution < 1.29 is 27.6 Å². The van der Waals surface area contributed by atoms with Crippen LogP contribution in [-0.2, 0) is 16.3 Å². The van der Waals surface area contributed by atoms with E-state index in [-0.39, 0.29) is 23.6 Å². The van der Waals surface area contributed by atoms with Crippen LogP contribution in [0.4, 0.5) is 13.2 Å². The molecule has 0 spiro atoms. The summed E-state index contributed by atoms with van der Waals surface area (Å²) in [4.78, 5) is 10.4. The number of aryl methyl sites for hydroxylation is 1. The van der Waals surface area contributed by atoms with E-state index in [0.717, 1.165) is 22.3 Å². The fourth-order valence-electron chi connectivity index (χ4n) is 3.50. The van der Waals surface area contributed by atoms with Gasteiger partial charge in [-0.2, -0.15) is 0 Å². The van der Waals surface area contributed by atoms with E-state index in [0.29, 0.717) is 11.3 Å². The number of nitrogens with zero attached hydrogens (tertiary/aromatic N) is 2. The normalized spacial score (nSPS) is 12.4. The molecule has 0 unspecified atom stereocenters. The van der Waals surface area contributed by atoms with Gasteiger partial charge >= 0.3 is 6.36 Å². The minimum Gasteiger partial charge on any atom is -0.405 e. The van der Waals surface area contributed by atoms with Gasteiger partial charge in [-0.05, 0) is 49.6 Å². The summed E-state index contributed by atoms with van der Waals surface area (Å²) in [5.74, 6) is -0.349. The summed E-state index contributed by atoms with van der Waals surface area (Å²) in [6, 6.07) is 19.4. The van der Waals surface area contributed by atoms with Crippen molar-refractivity contribution in [3.05, 3.63) is 89.0 Å². The molecular weight excluding hydrogens is 445 g/mol. The Morgan fingerprint density at radius 1 is 0.824 bits per heavy atom. The minimum atomic E-state index is -4.85. The monoisotopic (exact) mass is 470 g/mol. The van der Waals surface area contributed by atoms with E-state index in [1.54, 1.807) is 19.1 Å². The molecule has 34 heavy (non-hydrogen) atoms. The molecule has 0 aliphatic rings. The molecule has 0 N–H and O–H groups in total. The van der Waals surface area contributed by atoms with Crippen molar-refractivity contribution in [1.29, 1.82) is 0 Å². The average molecular weight is 470 g/mol. The minimum absolute atomic E-state index is 0.105. The Morgan fingerprint density at radius 2 is 1.53 bits per heavy atom. The summed E-state index contributed by atoms with van der Waals surface area (Å²) >= 11 is 0. The van der Waals surface area contributed by atoms with Crippen molar-refractivity contribution in [2.45, 2.75) is 33.7 Å². The first-order valence-corrected chi connectivity index (χ1v) is 10.5. The zero-order valence-corrected chi connectivity index (χ0v) is 19.3. The van der Waals surface area contributed by atoms with Gasteiger partial charge in [0.05, 0.1) is 11.4 Å². The number of ether oxygens (including phenoxy) is 1. The Morgan fingerprint density at radius 3 is 2.21 bits per heavy atom. The van der Waals surface area contributed by atoms with Crippen molar-refractivity contribution in [2.75, 3.05) is 7.11 Å². The Labute approximate surface area is 196 Å². The Bertz CT molecular complexity index is 1190. The number of alkyl halides is 3. The maximum atomic E-state index is 13.1. The van der Waals surface area contributed by atoms with Gasteiger partial charge in [0.1, 0.15) is 19.5 Å². The third-order valence-electron chi connectivity index (χ3n) is 5.14. The fourth-order valence-corrected chi connectivity index (χ4v) is 3.50. The van der Waals surface area contributed by atoms with E-state index in [1.165, 1.54) is 13.2 Å². The van der Waals surface area contributed by atoms with Crippen molar-refractivity contribution in [2.24, 2.45) is 10.3 Å². The summed E-state index contributed by atoms with van der Waals surface area (Å²) in [5.41, 5.74) is 5.11. The van der Waals surface area contributed by atoms with Crippen molar-refractivity contribution in [1.82, 2.24) is 0 Å². The Balaban J connectivity index is 1.89. The van der Waals surface area contributed by atoms with Gasteiger partial charge < -0.3 is 14.4 Å². The lowest BCUT2D eigenvalue weighted by Gasteiger charge is -2.15. The van der Waals surface area contributed by atoms with Gasteiger partial charge in [0, 0.05) is 16.7 Å².